The number of amides is 1. The van der Waals surface area contributed by atoms with E-state index in [1.54, 1.807) is 20.8 Å². The van der Waals surface area contributed by atoms with Crippen molar-refractivity contribution in [1.82, 2.24) is 5.32 Å². The number of rotatable bonds is 6. The number of hydrogen-bond acceptors (Lipinski definition) is 4. The molecule has 5 nitrogen and oxygen atoms in total. The van der Waals surface area contributed by atoms with Crippen molar-refractivity contribution in [3.05, 3.63) is 0 Å². The maximum absolute atomic E-state index is 12.2. The molecule has 1 aliphatic carbocycles. The predicted molar refractivity (Wildman–Crippen MR) is 81.8 cm³/mol. The van der Waals surface area contributed by atoms with Gasteiger partial charge in [-0.05, 0) is 33.6 Å². The second-order valence-corrected chi connectivity index (χ2v) is 8.02. The Morgan fingerprint density at radius 3 is 2.35 bits per heavy atom. The first-order valence-corrected chi connectivity index (χ1v) is 8.08. The second kappa shape index (κ2) is 7.31. The topological polar surface area (TPSA) is 92.4 Å². The van der Waals surface area contributed by atoms with E-state index in [0.717, 1.165) is 12.8 Å². The lowest BCUT2D eigenvalue weighted by molar-refractivity contribution is -0.139. The zero-order chi connectivity index (χ0) is 15.3. The van der Waals surface area contributed by atoms with Crippen LogP contribution in [0.1, 0.15) is 52.9 Å². The molecule has 0 radical (unpaired) electrons. The number of nitrogens with one attached hydrogen (secondary N) is 1. The first kappa shape index (κ1) is 17.3. The van der Waals surface area contributed by atoms with Crippen LogP contribution in [0.5, 0.6) is 0 Å². The van der Waals surface area contributed by atoms with E-state index in [1.807, 2.05) is 0 Å². The molecule has 1 aliphatic rings. The summed E-state index contributed by atoms with van der Waals surface area (Å²) in [7, 11) is 0. The van der Waals surface area contributed by atoms with Crippen molar-refractivity contribution in [3.63, 3.8) is 0 Å². The Labute approximate surface area is 125 Å². The monoisotopic (exact) mass is 302 g/mol. The summed E-state index contributed by atoms with van der Waals surface area (Å²) in [6, 6.07) is -0.715. The summed E-state index contributed by atoms with van der Waals surface area (Å²) in [5.74, 6) is -1.06. The van der Waals surface area contributed by atoms with E-state index in [9.17, 15) is 9.59 Å². The average Bonchev–Trinajstić information content (AvgIpc) is 2.38. The molecule has 20 heavy (non-hydrogen) atoms. The van der Waals surface area contributed by atoms with Gasteiger partial charge in [-0.3, -0.25) is 9.59 Å². The molecule has 6 heteroatoms. The van der Waals surface area contributed by atoms with Crippen molar-refractivity contribution in [2.75, 3.05) is 0 Å². The van der Waals surface area contributed by atoms with Gasteiger partial charge in [-0.2, -0.15) is 0 Å². The molecule has 116 valence electrons. The summed E-state index contributed by atoms with van der Waals surface area (Å²) >= 11 is 1.32. The highest BCUT2D eigenvalue weighted by atomic mass is 32.2. The molecular formula is C14H26N2O3S. The van der Waals surface area contributed by atoms with E-state index < -0.39 is 16.8 Å². The van der Waals surface area contributed by atoms with Gasteiger partial charge in [0, 0.05) is 10.8 Å². The van der Waals surface area contributed by atoms with E-state index >= 15 is 0 Å². The van der Waals surface area contributed by atoms with Gasteiger partial charge in [0.25, 0.3) is 0 Å². The third kappa shape index (κ3) is 4.98. The Hall–Kier alpha value is -0.750. The van der Waals surface area contributed by atoms with Crippen LogP contribution in [0.2, 0.25) is 0 Å². The van der Waals surface area contributed by atoms with Crippen molar-refractivity contribution in [2.45, 2.75) is 75.0 Å². The molecule has 0 bridgehead atoms. The van der Waals surface area contributed by atoms with Crippen molar-refractivity contribution < 1.29 is 14.7 Å². The van der Waals surface area contributed by atoms with Crippen molar-refractivity contribution >= 4 is 23.6 Å². The molecule has 1 amide bonds. The first-order valence-electron chi connectivity index (χ1n) is 7.20. The van der Waals surface area contributed by atoms with Crippen LogP contribution >= 0.6 is 11.8 Å². The van der Waals surface area contributed by atoms with Gasteiger partial charge in [0.1, 0.15) is 6.04 Å². The van der Waals surface area contributed by atoms with Crippen LogP contribution in [0.25, 0.3) is 0 Å². The zero-order valence-electron chi connectivity index (χ0n) is 12.5. The first-order chi connectivity index (χ1) is 9.24. The van der Waals surface area contributed by atoms with E-state index in [4.69, 9.17) is 10.8 Å². The smallest absolute Gasteiger partial charge is 0.321 e. The van der Waals surface area contributed by atoms with Crippen molar-refractivity contribution in [2.24, 2.45) is 5.73 Å². The third-order valence-electron chi connectivity index (χ3n) is 3.82. The Bertz CT molecular complexity index is 354. The maximum Gasteiger partial charge on any atom is 0.321 e. The molecule has 1 saturated carbocycles. The standard InChI is InChI=1S/C14H26N2O3S/c1-9(20-14(2,3)11(15)13(18)19)12(17)16-10-7-5-4-6-8-10/h9-11H,4-8,15H2,1-3H3,(H,16,17)(H,18,19)/t9?,11-/m1/s1. The number of carboxylic acids is 1. The van der Waals surface area contributed by atoms with Gasteiger partial charge in [0.2, 0.25) is 5.91 Å². The zero-order valence-corrected chi connectivity index (χ0v) is 13.3. The second-order valence-electron chi connectivity index (χ2n) is 6.02. The molecule has 0 aromatic rings. The Morgan fingerprint density at radius 1 is 1.30 bits per heavy atom. The fraction of sp³-hybridized carbons (Fsp3) is 0.857. The van der Waals surface area contributed by atoms with Gasteiger partial charge in [-0.25, -0.2) is 0 Å². The molecule has 0 saturated heterocycles. The summed E-state index contributed by atoms with van der Waals surface area (Å²) in [5.41, 5.74) is 5.67. The lowest BCUT2D eigenvalue weighted by Crippen LogP contribution is -2.49. The van der Waals surface area contributed by atoms with E-state index in [-0.39, 0.29) is 17.2 Å². The molecule has 0 aliphatic heterocycles. The predicted octanol–water partition coefficient (Wildman–Crippen LogP) is 1.75. The van der Waals surface area contributed by atoms with Crippen LogP contribution in [-0.4, -0.2) is 39.1 Å². The summed E-state index contributed by atoms with van der Waals surface area (Å²) in [6.45, 7) is 5.33. The molecule has 0 aromatic carbocycles. The van der Waals surface area contributed by atoms with Gasteiger partial charge in [0.05, 0.1) is 5.25 Å². The SMILES string of the molecule is CC(SC(C)(C)[C@H](N)C(=O)O)C(=O)NC1CCCCC1. The highest BCUT2D eigenvalue weighted by Gasteiger charge is 2.36. The van der Waals surface area contributed by atoms with Gasteiger partial charge in [-0.1, -0.05) is 19.3 Å². The molecule has 0 heterocycles. The minimum atomic E-state index is -1.04. The summed E-state index contributed by atoms with van der Waals surface area (Å²) < 4.78 is -0.685. The van der Waals surface area contributed by atoms with Crippen LogP contribution in [0.15, 0.2) is 0 Å². The molecule has 0 spiro atoms. The van der Waals surface area contributed by atoms with Crippen molar-refractivity contribution in [3.8, 4) is 0 Å². The molecule has 1 fully saturated rings. The summed E-state index contributed by atoms with van der Waals surface area (Å²) in [4.78, 5) is 23.1. The highest BCUT2D eigenvalue weighted by Crippen LogP contribution is 2.31. The van der Waals surface area contributed by atoms with E-state index in [0.29, 0.717) is 0 Å². The number of hydrogen-bond donors (Lipinski definition) is 3. The lowest BCUT2D eigenvalue weighted by atomic mass is 9.95. The summed E-state index contributed by atoms with van der Waals surface area (Å²) in [5, 5.41) is 11.7. The average molecular weight is 302 g/mol. The lowest BCUT2D eigenvalue weighted by Gasteiger charge is -2.31. The van der Waals surface area contributed by atoms with Crippen LogP contribution < -0.4 is 11.1 Å². The Morgan fingerprint density at radius 2 is 1.85 bits per heavy atom. The normalized spacial score (nSPS) is 20.2. The van der Waals surface area contributed by atoms with Gasteiger partial charge < -0.3 is 16.2 Å². The van der Waals surface area contributed by atoms with Gasteiger partial charge >= 0.3 is 5.97 Å². The summed E-state index contributed by atoms with van der Waals surface area (Å²) in [6.07, 6.45) is 5.67. The van der Waals surface area contributed by atoms with Crippen LogP contribution in [0.3, 0.4) is 0 Å². The van der Waals surface area contributed by atoms with Crippen LogP contribution in [-0.2, 0) is 9.59 Å². The quantitative estimate of drug-likeness (QED) is 0.695. The number of nitrogens with two attached hydrogens (primary N) is 1. The maximum atomic E-state index is 12.2. The molecule has 2 atom stereocenters. The number of carbonyl (C=O) groups is 2. The fourth-order valence-corrected chi connectivity index (χ4v) is 3.78. The fourth-order valence-electron chi connectivity index (χ4n) is 2.45. The third-order valence-corrected chi connectivity index (χ3v) is 5.25. The number of thioether (sulfide) groups is 1. The highest BCUT2D eigenvalue weighted by molar-refractivity contribution is 8.02. The number of aliphatic carboxylic acids is 1. The van der Waals surface area contributed by atoms with Gasteiger partial charge in [0.15, 0.2) is 0 Å². The number of carbonyl (C=O) groups excluding carboxylic acids is 1. The minimum absolute atomic E-state index is 0.0208. The molecule has 1 unspecified atom stereocenters. The van der Waals surface area contributed by atoms with Crippen molar-refractivity contribution in [1.29, 1.82) is 0 Å². The minimum Gasteiger partial charge on any atom is -0.480 e. The van der Waals surface area contributed by atoms with Crippen LogP contribution in [0, 0.1) is 0 Å². The molecule has 1 rings (SSSR count). The number of carboxylic acid groups (broad SMARTS) is 1. The van der Waals surface area contributed by atoms with E-state index in [1.165, 1.54) is 31.0 Å². The molecule has 4 N–H and O–H groups in total. The Kier molecular flexibility index (Phi) is 6.33. The van der Waals surface area contributed by atoms with Gasteiger partial charge in [-0.15, -0.1) is 11.8 Å². The largest absolute Gasteiger partial charge is 0.480 e. The van der Waals surface area contributed by atoms with E-state index in [2.05, 4.69) is 5.32 Å². The molecular weight excluding hydrogens is 276 g/mol. The van der Waals surface area contributed by atoms with Crippen LogP contribution in [0.4, 0.5) is 0 Å². The Balaban J connectivity index is 2.49. The molecule has 0 aromatic heterocycles.